The van der Waals surface area contributed by atoms with E-state index in [1.54, 1.807) is 29.0 Å². The van der Waals surface area contributed by atoms with Gasteiger partial charge in [0.15, 0.2) is 11.3 Å². The van der Waals surface area contributed by atoms with E-state index in [1.807, 2.05) is 36.5 Å². The van der Waals surface area contributed by atoms with Crippen LogP contribution in [0.15, 0.2) is 54.1 Å². The predicted molar refractivity (Wildman–Crippen MR) is 102 cm³/mol. The lowest BCUT2D eigenvalue weighted by Crippen LogP contribution is -2.44. The number of fused-ring (bicyclic) bond motifs is 1. The molecule has 0 saturated heterocycles. The van der Waals surface area contributed by atoms with Gasteiger partial charge in [-0.1, -0.05) is 30.3 Å². The Balaban J connectivity index is 1.51. The maximum atomic E-state index is 12.7. The highest BCUT2D eigenvalue weighted by Gasteiger charge is 2.36. The molecule has 0 bridgehead atoms. The van der Waals surface area contributed by atoms with Gasteiger partial charge in [-0.2, -0.15) is 0 Å². The minimum Gasteiger partial charge on any atom is -0.352 e. The maximum Gasteiger partial charge on any atom is 0.269 e. The van der Waals surface area contributed by atoms with E-state index in [-0.39, 0.29) is 12.5 Å². The zero-order chi connectivity index (χ0) is 18.9. The predicted octanol–water partition coefficient (Wildman–Crippen LogP) is 2.69. The van der Waals surface area contributed by atoms with Gasteiger partial charge in [-0.3, -0.25) is 9.20 Å². The number of rotatable bonds is 6. The fourth-order valence-electron chi connectivity index (χ4n) is 2.91. The Labute approximate surface area is 160 Å². The SMILES string of the molecule is COC1C=CC(CNC(=O)c2csc3nc(-c4ccccc4)cn23)(OC)O1. The summed E-state index contributed by atoms with van der Waals surface area (Å²) in [5.41, 5.74) is 2.35. The van der Waals surface area contributed by atoms with E-state index in [2.05, 4.69) is 10.3 Å². The molecule has 2 unspecified atom stereocenters. The number of ether oxygens (including phenoxy) is 3. The molecule has 0 fully saturated rings. The Morgan fingerprint density at radius 3 is 2.89 bits per heavy atom. The highest BCUT2D eigenvalue weighted by Crippen LogP contribution is 2.25. The Morgan fingerprint density at radius 1 is 1.37 bits per heavy atom. The Hall–Kier alpha value is -2.52. The summed E-state index contributed by atoms with van der Waals surface area (Å²) in [4.78, 5) is 18.1. The zero-order valence-corrected chi connectivity index (χ0v) is 15.7. The number of carbonyl (C=O) groups is 1. The van der Waals surface area contributed by atoms with Crippen molar-refractivity contribution in [1.29, 1.82) is 0 Å². The van der Waals surface area contributed by atoms with Crippen LogP contribution in [0.2, 0.25) is 0 Å². The van der Waals surface area contributed by atoms with E-state index < -0.39 is 12.1 Å². The van der Waals surface area contributed by atoms with Crippen LogP contribution in [-0.2, 0) is 14.2 Å². The molecule has 1 aromatic carbocycles. The van der Waals surface area contributed by atoms with Crippen molar-refractivity contribution >= 4 is 22.2 Å². The number of benzene rings is 1. The lowest BCUT2D eigenvalue weighted by atomic mass is 10.2. The Bertz CT molecular complexity index is 981. The number of methoxy groups -OCH3 is 2. The summed E-state index contributed by atoms with van der Waals surface area (Å²) in [6, 6.07) is 9.86. The first-order valence-corrected chi connectivity index (χ1v) is 9.27. The number of nitrogens with one attached hydrogen (secondary N) is 1. The molecule has 3 heterocycles. The van der Waals surface area contributed by atoms with Crippen LogP contribution in [0.3, 0.4) is 0 Å². The number of amides is 1. The minimum absolute atomic E-state index is 0.163. The summed E-state index contributed by atoms with van der Waals surface area (Å²) in [6.07, 6.45) is 4.88. The lowest BCUT2D eigenvalue weighted by molar-refractivity contribution is -0.238. The van der Waals surface area contributed by atoms with Gasteiger partial charge in [-0.05, 0) is 12.2 Å². The number of aromatic nitrogens is 2. The standard InChI is InChI=1S/C19H19N3O4S/c1-24-16-8-9-19(25-2,26-16)12-20-17(23)15-11-27-18-21-14(10-22(15)18)13-6-4-3-5-7-13/h3-11,16H,12H2,1-2H3,(H,20,23). The van der Waals surface area contributed by atoms with Crippen LogP contribution in [0.4, 0.5) is 0 Å². The van der Waals surface area contributed by atoms with Gasteiger partial charge in [0, 0.05) is 31.4 Å². The van der Waals surface area contributed by atoms with Gasteiger partial charge in [0.05, 0.1) is 12.2 Å². The van der Waals surface area contributed by atoms with Crippen LogP contribution in [0.25, 0.3) is 16.2 Å². The van der Waals surface area contributed by atoms with E-state index in [0.717, 1.165) is 16.2 Å². The molecule has 2 atom stereocenters. The molecule has 0 saturated carbocycles. The quantitative estimate of drug-likeness (QED) is 0.661. The maximum absolute atomic E-state index is 12.7. The van der Waals surface area contributed by atoms with Gasteiger partial charge in [-0.15, -0.1) is 11.3 Å². The summed E-state index contributed by atoms with van der Waals surface area (Å²) >= 11 is 1.42. The van der Waals surface area contributed by atoms with Crippen molar-refractivity contribution in [3.63, 3.8) is 0 Å². The average Bonchev–Trinajstić information content (AvgIpc) is 3.41. The first kappa shape index (κ1) is 17.9. The number of hydrogen-bond donors (Lipinski definition) is 1. The zero-order valence-electron chi connectivity index (χ0n) is 14.9. The Kier molecular flexibility index (Phi) is 4.79. The topological polar surface area (TPSA) is 74.1 Å². The first-order chi connectivity index (χ1) is 13.1. The second-order valence-electron chi connectivity index (χ2n) is 6.05. The normalized spacial score (nSPS) is 21.8. The molecule has 4 rings (SSSR count). The van der Waals surface area contributed by atoms with Crippen molar-refractivity contribution < 1.29 is 19.0 Å². The third-order valence-electron chi connectivity index (χ3n) is 4.41. The second kappa shape index (κ2) is 7.24. The van der Waals surface area contributed by atoms with Crippen LogP contribution in [-0.4, -0.2) is 48.1 Å². The molecule has 1 aliphatic heterocycles. The molecule has 2 aromatic heterocycles. The summed E-state index contributed by atoms with van der Waals surface area (Å²) in [5, 5.41) is 4.65. The van der Waals surface area contributed by atoms with Crippen LogP contribution in [0, 0.1) is 0 Å². The van der Waals surface area contributed by atoms with Crippen LogP contribution < -0.4 is 5.32 Å². The van der Waals surface area contributed by atoms with Crippen molar-refractivity contribution in [1.82, 2.24) is 14.7 Å². The number of hydrogen-bond acceptors (Lipinski definition) is 6. The van der Waals surface area contributed by atoms with E-state index in [9.17, 15) is 4.79 Å². The van der Waals surface area contributed by atoms with Gasteiger partial charge in [0.2, 0.25) is 5.79 Å². The van der Waals surface area contributed by atoms with E-state index in [4.69, 9.17) is 14.2 Å². The third kappa shape index (κ3) is 3.40. The van der Waals surface area contributed by atoms with E-state index >= 15 is 0 Å². The second-order valence-corrected chi connectivity index (χ2v) is 6.88. The lowest BCUT2D eigenvalue weighted by Gasteiger charge is -2.27. The van der Waals surface area contributed by atoms with Crippen molar-refractivity contribution in [2.24, 2.45) is 0 Å². The molecule has 0 spiro atoms. The third-order valence-corrected chi connectivity index (χ3v) is 5.25. The molecule has 1 N–H and O–H groups in total. The van der Waals surface area contributed by atoms with Gasteiger partial charge >= 0.3 is 0 Å². The molecule has 7 nitrogen and oxygen atoms in total. The van der Waals surface area contributed by atoms with Crippen molar-refractivity contribution in [2.45, 2.75) is 12.1 Å². The highest BCUT2D eigenvalue weighted by atomic mass is 32.1. The van der Waals surface area contributed by atoms with Crippen LogP contribution >= 0.6 is 11.3 Å². The number of thiazole rings is 1. The van der Waals surface area contributed by atoms with Crippen LogP contribution in [0.1, 0.15) is 10.5 Å². The molecule has 140 valence electrons. The van der Waals surface area contributed by atoms with Crippen molar-refractivity contribution in [3.05, 3.63) is 59.8 Å². The summed E-state index contributed by atoms with van der Waals surface area (Å²) in [7, 11) is 3.07. The Morgan fingerprint density at radius 2 is 2.19 bits per heavy atom. The van der Waals surface area contributed by atoms with Gasteiger partial charge < -0.3 is 19.5 Å². The molecule has 0 aliphatic carbocycles. The minimum atomic E-state index is -1.03. The van der Waals surface area contributed by atoms with E-state index in [1.165, 1.54) is 18.4 Å². The molecular formula is C19H19N3O4S. The van der Waals surface area contributed by atoms with Crippen LogP contribution in [0.5, 0.6) is 0 Å². The molecular weight excluding hydrogens is 366 g/mol. The average molecular weight is 385 g/mol. The van der Waals surface area contributed by atoms with E-state index in [0.29, 0.717) is 5.69 Å². The smallest absolute Gasteiger partial charge is 0.269 e. The molecule has 8 heteroatoms. The van der Waals surface area contributed by atoms with Crippen molar-refractivity contribution in [2.75, 3.05) is 20.8 Å². The monoisotopic (exact) mass is 385 g/mol. The summed E-state index contributed by atoms with van der Waals surface area (Å²) < 4.78 is 18.0. The largest absolute Gasteiger partial charge is 0.352 e. The molecule has 1 amide bonds. The van der Waals surface area contributed by atoms with Gasteiger partial charge in [0.25, 0.3) is 5.91 Å². The molecule has 27 heavy (non-hydrogen) atoms. The van der Waals surface area contributed by atoms with Gasteiger partial charge in [-0.25, -0.2) is 4.98 Å². The molecule has 1 aliphatic rings. The number of nitrogens with zero attached hydrogens (tertiary/aromatic N) is 2. The fourth-order valence-corrected chi connectivity index (χ4v) is 3.76. The number of carbonyl (C=O) groups excluding carboxylic acids is 1. The summed E-state index contributed by atoms with van der Waals surface area (Å²) in [5.74, 6) is -1.26. The molecule has 3 aromatic rings. The highest BCUT2D eigenvalue weighted by molar-refractivity contribution is 7.15. The first-order valence-electron chi connectivity index (χ1n) is 8.39. The fraction of sp³-hybridized carbons (Fsp3) is 0.263. The summed E-state index contributed by atoms with van der Waals surface area (Å²) in [6.45, 7) is 0.163. The van der Waals surface area contributed by atoms with Crippen molar-refractivity contribution in [3.8, 4) is 11.3 Å². The molecule has 0 radical (unpaired) electrons. The number of imidazole rings is 1. The van der Waals surface area contributed by atoms with Gasteiger partial charge in [0.1, 0.15) is 5.69 Å².